The number of hydrogen-bond donors (Lipinski definition) is 2. The fourth-order valence-corrected chi connectivity index (χ4v) is 2.56. The summed E-state index contributed by atoms with van der Waals surface area (Å²) in [4.78, 5) is 0. The molecule has 0 saturated carbocycles. The van der Waals surface area contributed by atoms with E-state index in [9.17, 15) is 5.11 Å². The molecule has 2 atom stereocenters. The molecule has 1 heterocycles. The second-order valence-electron chi connectivity index (χ2n) is 5.87. The molecule has 1 aliphatic heterocycles. The van der Waals surface area contributed by atoms with Crippen LogP contribution in [0.25, 0.3) is 0 Å². The smallest absolute Gasteiger partial charge is 0.124 e. The third-order valence-electron chi connectivity index (χ3n) is 3.58. The highest BCUT2D eigenvalue weighted by Crippen LogP contribution is 2.37. The fourth-order valence-electron chi connectivity index (χ4n) is 2.56. The van der Waals surface area contributed by atoms with Gasteiger partial charge in [-0.05, 0) is 31.5 Å². The van der Waals surface area contributed by atoms with Crippen molar-refractivity contribution in [2.45, 2.75) is 39.3 Å². The van der Waals surface area contributed by atoms with Gasteiger partial charge in [0.15, 0.2) is 0 Å². The van der Waals surface area contributed by atoms with Crippen LogP contribution >= 0.6 is 0 Å². The van der Waals surface area contributed by atoms with Crippen molar-refractivity contribution in [2.24, 2.45) is 5.92 Å². The molecule has 0 amide bonds. The molecular formula is C16H25NO3. The normalized spacial score (nSPS) is 18.8. The molecule has 4 nitrogen and oxygen atoms in total. The molecule has 0 radical (unpaired) electrons. The van der Waals surface area contributed by atoms with Crippen LogP contribution in [-0.2, 0) is 6.42 Å². The van der Waals surface area contributed by atoms with E-state index in [0.29, 0.717) is 5.92 Å². The number of methoxy groups -OCH3 is 1. The molecule has 1 aromatic rings. The molecule has 0 aliphatic carbocycles. The lowest BCUT2D eigenvalue weighted by Gasteiger charge is -2.21. The Hall–Kier alpha value is -1.26. The van der Waals surface area contributed by atoms with Gasteiger partial charge in [0.05, 0.1) is 19.8 Å². The number of rotatable bonds is 6. The van der Waals surface area contributed by atoms with Crippen LogP contribution in [0.4, 0.5) is 0 Å². The van der Waals surface area contributed by atoms with E-state index in [0.717, 1.165) is 30.0 Å². The Bertz CT molecular complexity index is 459. The molecule has 0 aromatic heterocycles. The molecule has 0 bridgehead atoms. The fraction of sp³-hybridized carbons (Fsp3) is 0.625. The van der Waals surface area contributed by atoms with Crippen LogP contribution in [-0.4, -0.2) is 31.5 Å². The standard InChI is InChI=1S/C16H25NO3/c1-10(2)8-17-14(9-18)13-7-15-12(5-11(3)20-15)6-16(13)19-4/h6-7,10-11,14,17-18H,5,8-9H2,1-4H3. The molecule has 20 heavy (non-hydrogen) atoms. The highest BCUT2D eigenvalue weighted by Gasteiger charge is 2.24. The summed E-state index contributed by atoms with van der Waals surface area (Å²) in [7, 11) is 1.67. The van der Waals surface area contributed by atoms with Gasteiger partial charge >= 0.3 is 0 Å². The quantitative estimate of drug-likeness (QED) is 0.839. The average molecular weight is 279 g/mol. The molecule has 0 fully saturated rings. The van der Waals surface area contributed by atoms with Crippen molar-refractivity contribution >= 4 is 0 Å². The summed E-state index contributed by atoms with van der Waals surface area (Å²) in [5.74, 6) is 2.26. The summed E-state index contributed by atoms with van der Waals surface area (Å²) < 4.78 is 11.3. The van der Waals surface area contributed by atoms with Crippen molar-refractivity contribution in [3.05, 3.63) is 23.3 Å². The zero-order chi connectivity index (χ0) is 14.7. The van der Waals surface area contributed by atoms with Crippen molar-refractivity contribution in [1.82, 2.24) is 5.32 Å². The van der Waals surface area contributed by atoms with E-state index in [2.05, 4.69) is 26.1 Å². The minimum absolute atomic E-state index is 0.0391. The lowest BCUT2D eigenvalue weighted by atomic mass is 10.0. The zero-order valence-electron chi connectivity index (χ0n) is 12.8. The van der Waals surface area contributed by atoms with Crippen LogP contribution in [0.1, 0.15) is 37.9 Å². The lowest BCUT2D eigenvalue weighted by molar-refractivity contribution is 0.235. The summed E-state index contributed by atoms with van der Waals surface area (Å²) in [6.45, 7) is 7.24. The Balaban J connectivity index is 2.27. The van der Waals surface area contributed by atoms with Gasteiger partial charge in [-0.2, -0.15) is 0 Å². The highest BCUT2D eigenvalue weighted by atomic mass is 16.5. The van der Waals surface area contributed by atoms with Gasteiger partial charge in [0.2, 0.25) is 0 Å². The predicted octanol–water partition coefficient (Wildman–Crippen LogP) is 2.30. The van der Waals surface area contributed by atoms with Crippen LogP contribution < -0.4 is 14.8 Å². The molecule has 4 heteroatoms. The van der Waals surface area contributed by atoms with Gasteiger partial charge in [0, 0.05) is 17.5 Å². The van der Waals surface area contributed by atoms with Crippen LogP contribution in [0.15, 0.2) is 12.1 Å². The van der Waals surface area contributed by atoms with E-state index in [4.69, 9.17) is 9.47 Å². The molecular weight excluding hydrogens is 254 g/mol. The SMILES string of the molecule is COc1cc2c(cc1C(CO)NCC(C)C)OC(C)C2. The number of fused-ring (bicyclic) bond motifs is 1. The molecule has 112 valence electrons. The van der Waals surface area contributed by atoms with E-state index >= 15 is 0 Å². The Morgan fingerprint density at radius 1 is 1.45 bits per heavy atom. The second kappa shape index (κ2) is 6.46. The van der Waals surface area contributed by atoms with E-state index in [1.54, 1.807) is 7.11 Å². The average Bonchev–Trinajstić information content (AvgIpc) is 2.77. The van der Waals surface area contributed by atoms with E-state index in [1.807, 2.05) is 12.1 Å². The van der Waals surface area contributed by atoms with Gasteiger partial charge in [-0.25, -0.2) is 0 Å². The Kier molecular flexibility index (Phi) is 4.89. The monoisotopic (exact) mass is 279 g/mol. The van der Waals surface area contributed by atoms with Crippen molar-refractivity contribution in [3.8, 4) is 11.5 Å². The van der Waals surface area contributed by atoms with E-state index < -0.39 is 0 Å². The van der Waals surface area contributed by atoms with Gasteiger partial charge in [-0.1, -0.05) is 13.8 Å². The van der Waals surface area contributed by atoms with Gasteiger partial charge in [0.1, 0.15) is 17.6 Å². The second-order valence-corrected chi connectivity index (χ2v) is 5.87. The number of benzene rings is 1. The minimum atomic E-state index is -0.128. The van der Waals surface area contributed by atoms with Crippen molar-refractivity contribution in [1.29, 1.82) is 0 Å². The summed E-state index contributed by atoms with van der Waals surface area (Å²) in [6.07, 6.45) is 1.12. The molecule has 1 aliphatic rings. The Morgan fingerprint density at radius 2 is 2.20 bits per heavy atom. The highest BCUT2D eigenvalue weighted by molar-refractivity contribution is 5.50. The molecule has 0 saturated heterocycles. The molecule has 2 unspecified atom stereocenters. The number of hydrogen-bond acceptors (Lipinski definition) is 4. The first-order chi connectivity index (χ1) is 9.55. The summed E-state index contributed by atoms with van der Waals surface area (Å²) >= 11 is 0. The lowest BCUT2D eigenvalue weighted by Crippen LogP contribution is -2.28. The Morgan fingerprint density at radius 3 is 2.80 bits per heavy atom. The van der Waals surface area contributed by atoms with E-state index in [1.165, 1.54) is 5.56 Å². The molecule has 2 rings (SSSR count). The van der Waals surface area contributed by atoms with Gasteiger partial charge in [-0.3, -0.25) is 0 Å². The van der Waals surface area contributed by atoms with Crippen LogP contribution in [0.3, 0.4) is 0 Å². The van der Waals surface area contributed by atoms with Crippen LogP contribution in [0.2, 0.25) is 0 Å². The predicted molar refractivity (Wildman–Crippen MR) is 79.5 cm³/mol. The summed E-state index contributed by atoms with van der Waals surface area (Å²) in [5, 5.41) is 13.0. The maximum absolute atomic E-state index is 9.65. The minimum Gasteiger partial charge on any atom is -0.496 e. The first-order valence-corrected chi connectivity index (χ1v) is 7.26. The summed E-state index contributed by atoms with van der Waals surface area (Å²) in [6, 6.07) is 3.91. The van der Waals surface area contributed by atoms with E-state index in [-0.39, 0.29) is 18.8 Å². The molecule has 0 spiro atoms. The van der Waals surface area contributed by atoms with Crippen molar-refractivity contribution < 1.29 is 14.6 Å². The number of ether oxygens (including phenoxy) is 2. The van der Waals surface area contributed by atoms with Crippen LogP contribution in [0.5, 0.6) is 11.5 Å². The number of nitrogens with one attached hydrogen (secondary N) is 1. The van der Waals surface area contributed by atoms with Crippen LogP contribution in [0, 0.1) is 5.92 Å². The number of aliphatic hydroxyl groups excluding tert-OH is 1. The summed E-state index contributed by atoms with van der Waals surface area (Å²) in [5.41, 5.74) is 2.14. The largest absolute Gasteiger partial charge is 0.496 e. The Labute approximate surface area is 121 Å². The van der Waals surface area contributed by atoms with Gasteiger partial charge in [0.25, 0.3) is 0 Å². The van der Waals surface area contributed by atoms with Crippen molar-refractivity contribution in [3.63, 3.8) is 0 Å². The first kappa shape index (κ1) is 15.1. The third-order valence-corrected chi connectivity index (χ3v) is 3.58. The van der Waals surface area contributed by atoms with Crippen molar-refractivity contribution in [2.75, 3.05) is 20.3 Å². The molecule has 2 N–H and O–H groups in total. The zero-order valence-corrected chi connectivity index (χ0v) is 12.8. The maximum Gasteiger partial charge on any atom is 0.124 e. The van der Waals surface area contributed by atoms with Gasteiger partial charge < -0.3 is 19.9 Å². The first-order valence-electron chi connectivity index (χ1n) is 7.26. The maximum atomic E-state index is 9.65. The topological polar surface area (TPSA) is 50.7 Å². The van der Waals surface area contributed by atoms with Gasteiger partial charge in [-0.15, -0.1) is 0 Å². The third kappa shape index (κ3) is 3.25. The molecule has 1 aromatic carbocycles. The number of aliphatic hydroxyl groups is 1.